The average Bonchev–Trinajstić information content (AvgIpc) is 2.62. The number of hydrogen-bond donors (Lipinski definition) is 1. The number of nitrogens with zero attached hydrogens (tertiary/aromatic N) is 3. The smallest absolute Gasteiger partial charge is 0.299 e. The lowest BCUT2D eigenvalue weighted by molar-refractivity contribution is -0.121. The molecule has 0 bridgehead atoms. The summed E-state index contributed by atoms with van der Waals surface area (Å²) in [6, 6.07) is 13.0. The molecule has 0 fully saturated rings. The molecule has 23 heavy (non-hydrogen) atoms. The van der Waals surface area contributed by atoms with Gasteiger partial charge in [-0.1, -0.05) is 38.1 Å². The van der Waals surface area contributed by atoms with Crippen LogP contribution < -0.4 is 4.74 Å². The summed E-state index contributed by atoms with van der Waals surface area (Å²) in [6.07, 6.45) is 1.08. The van der Waals surface area contributed by atoms with E-state index in [0.717, 1.165) is 6.42 Å². The largest absolute Gasteiger partial charge is 0.408 e. The zero-order valence-corrected chi connectivity index (χ0v) is 13.1. The number of carbonyl (C=O) groups is 1. The topological polar surface area (TPSA) is 96.1 Å². The number of carbonyl (C=O) groups excluding carboxylic acids is 1. The fraction of sp³-hybridized carbons (Fsp3) is 0.294. The van der Waals surface area contributed by atoms with E-state index in [0.29, 0.717) is 0 Å². The standard InChI is InChI=1S/C11H16O.C6H3N3O2/c1-3-10-4-6-11(7-5-10)9(2)8-12;7-3-5-1-2-6(9-8-5)11-4-10/h4-7,9,12H,3,8H2,1-2H3;1-2,4H. The van der Waals surface area contributed by atoms with Crippen molar-refractivity contribution >= 4 is 6.47 Å². The van der Waals surface area contributed by atoms with Crippen molar-refractivity contribution in [3.63, 3.8) is 0 Å². The first kappa shape index (κ1) is 18.3. The highest BCUT2D eigenvalue weighted by Gasteiger charge is 2.02. The molecule has 6 nitrogen and oxygen atoms in total. The normalized spacial score (nSPS) is 10.7. The van der Waals surface area contributed by atoms with Crippen LogP contribution in [0.3, 0.4) is 0 Å². The first-order chi connectivity index (χ1) is 11.1. The van der Waals surface area contributed by atoms with Crippen LogP contribution in [0.25, 0.3) is 0 Å². The van der Waals surface area contributed by atoms with Gasteiger partial charge in [0.25, 0.3) is 6.47 Å². The van der Waals surface area contributed by atoms with E-state index >= 15 is 0 Å². The molecule has 0 radical (unpaired) electrons. The van der Waals surface area contributed by atoms with Crippen molar-refractivity contribution < 1.29 is 14.6 Å². The van der Waals surface area contributed by atoms with Crippen molar-refractivity contribution in [1.29, 1.82) is 5.26 Å². The Labute approximate surface area is 135 Å². The average molecular weight is 313 g/mol. The lowest BCUT2D eigenvalue weighted by Gasteiger charge is -2.08. The molecule has 6 heteroatoms. The third-order valence-corrected chi connectivity index (χ3v) is 3.15. The van der Waals surface area contributed by atoms with Crippen LogP contribution in [0.1, 0.15) is 36.6 Å². The van der Waals surface area contributed by atoms with Crippen molar-refractivity contribution in [2.75, 3.05) is 6.61 Å². The summed E-state index contributed by atoms with van der Waals surface area (Å²) < 4.78 is 4.34. The Hall–Kier alpha value is -2.78. The summed E-state index contributed by atoms with van der Waals surface area (Å²) in [5.41, 5.74) is 2.75. The van der Waals surface area contributed by atoms with Gasteiger partial charge in [-0.2, -0.15) is 5.26 Å². The second-order valence-corrected chi connectivity index (χ2v) is 4.76. The highest BCUT2D eigenvalue weighted by Crippen LogP contribution is 2.14. The van der Waals surface area contributed by atoms with Crippen LogP contribution in [0.5, 0.6) is 5.88 Å². The molecule has 1 unspecified atom stereocenters. The van der Waals surface area contributed by atoms with Crippen LogP contribution in [0.2, 0.25) is 0 Å². The van der Waals surface area contributed by atoms with E-state index in [-0.39, 0.29) is 30.6 Å². The molecule has 2 rings (SSSR count). The van der Waals surface area contributed by atoms with Crippen molar-refractivity contribution in [2.45, 2.75) is 26.2 Å². The van der Waals surface area contributed by atoms with E-state index in [9.17, 15) is 4.79 Å². The van der Waals surface area contributed by atoms with Gasteiger partial charge in [0.05, 0.1) is 0 Å². The third-order valence-electron chi connectivity index (χ3n) is 3.15. The molecule has 0 aliphatic carbocycles. The van der Waals surface area contributed by atoms with Gasteiger partial charge in [-0.05, 0) is 23.6 Å². The minimum atomic E-state index is 0.0824. The Bertz CT molecular complexity index is 634. The molecule has 0 spiro atoms. The molecule has 120 valence electrons. The number of ether oxygens (including phenoxy) is 1. The minimum Gasteiger partial charge on any atom is -0.408 e. The van der Waals surface area contributed by atoms with Gasteiger partial charge in [-0.3, -0.25) is 4.79 Å². The maximum atomic E-state index is 9.77. The van der Waals surface area contributed by atoms with Crippen LogP contribution in [0.15, 0.2) is 36.4 Å². The number of aromatic nitrogens is 2. The molecule has 1 N–H and O–H groups in total. The maximum absolute atomic E-state index is 9.77. The van der Waals surface area contributed by atoms with E-state index in [2.05, 4.69) is 46.1 Å². The first-order valence-electron chi connectivity index (χ1n) is 7.18. The number of aryl methyl sites for hydroxylation is 1. The number of rotatable bonds is 5. The Morgan fingerprint density at radius 1 is 1.26 bits per heavy atom. The van der Waals surface area contributed by atoms with Crippen LogP contribution in [0, 0.1) is 11.3 Å². The van der Waals surface area contributed by atoms with Gasteiger partial charge < -0.3 is 9.84 Å². The van der Waals surface area contributed by atoms with Gasteiger partial charge >= 0.3 is 0 Å². The number of nitriles is 1. The second kappa shape index (κ2) is 10.0. The molecule has 0 saturated carbocycles. The molecular formula is C17H19N3O3. The van der Waals surface area contributed by atoms with Gasteiger partial charge in [0.2, 0.25) is 5.88 Å². The Morgan fingerprint density at radius 3 is 2.39 bits per heavy atom. The summed E-state index contributed by atoms with van der Waals surface area (Å²) in [7, 11) is 0. The summed E-state index contributed by atoms with van der Waals surface area (Å²) >= 11 is 0. The zero-order valence-electron chi connectivity index (χ0n) is 13.1. The lowest BCUT2D eigenvalue weighted by Crippen LogP contribution is -1.98. The fourth-order valence-corrected chi connectivity index (χ4v) is 1.68. The molecule has 0 saturated heterocycles. The summed E-state index contributed by atoms with van der Waals surface area (Å²) in [6.45, 7) is 4.65. The van der Waals surface area contributed by atoms with Crippen molar-refractivity contribution in [3.05, 3.63) is 53.2 Å². The molecule has 2 aromatic rings. The lowest BCUT2D eigenvalue weighted by atomic mass is 10.0. The Kier molecular flexibility index (Phi) is 7.97. The van der Waals surface area contributed by atoms with Gasteiger partial charge in [-0.15, -0.1) is 10.2 Å². The minimum absolute atomic E-state index is 0.0824. The van der Waals surface area contributed by atoms with E-state index in [4.69, 9.17) is 10.4 Å². The summed E-state index contributed by atoms with van der Waals surface area (Å²) in [4.78, 5) is 9.77. The van der Waals surface area contributed by atoms with E-state index in [1.54, 1.807) is 6.07 Å². The van der Waals surface area contributed by atoms with E-state index in [1.807, 2.05) is 6.92 Å². The highest BCUT2D eigenvalue weighted by atomic mass is 16.5. The fourth-order valence-electron chi connectivity index (χ4n) is 1.68. The summed E-state index contributed by atoms with van der Waals surface area (Å²) in [5.74, 6) is 0.343. The number of benzene rings is 1. The number of hydrogen-bond acceptors (Lipinski definition) is 6. The Balaban J connectivity index is 0.000000231. The van der Waals surface area contributed by atoms with Crippen LogP contribution in [0.4, 0.5) is 0 Å². The molecule has 1 aromatic carbocycles. The summed E-state index contributed by atoms with van der Waals surface area (Å²) in [5, 5.41) is 24.0. The predicted octanol–water partition coefficient (Wildman–Crippen LogP) is 2.23. The molecule has 1 heterocycles. The van der Waals surface area contributed by atoms with Crippen LogP contribution >= 0.6 is 0 Å². The van der Waals surface area contributed by atoms with Gasteiger partial charge in [-0.25, -0.2) is 0 Å². The van der Waals surface area contributed by atoms with Gasteiger partial charge in [0.1, 0.15) is 6.07 Å². The molecule has 1 aromatic heterocycles. The van der Waals surface area contributed by atoms with Crippen molar-refractivity contribution in [3.8, 4) is 11.9 Å². The van der Waals surface area contributed by atoms with Gasteiger partial charge in [0.15, 0.2) is 5.69 Å². The molecule has 0 amide bonds. The van der Waals surface area contributed by atoms with E-state index < -0.39 is 0 Å². The quantitative estimate of drug-likeness (QED) is 0.850. The SMILES string of the molecule is CCc1ccc(C(C)CO)cc1.N#Cc1ccc(OC=O)nn1. The highest BCUT2D eigenvalue weighted by molar-refractivity contribution is 5.42. The molecule has 0 aliphatic rings. The van der Waals surface area contributed by atoms with Crippen LogP contribution in [-0.4, -0.2) is 28.4 Å². The van der Waals surface area contributed by atoms with E-state index in [1.165, 1.54) is 23.3 Å². The van der Waals surface area contributed by atoms with Gasteiger partial charge in [0, 0.05) is 18.6 Å². The molecular weight excluding hydrogens is 294 g/mol. The van der Waals surface area contributed by atoms with Crippen molar-refractivity contribution in [1.82, 2.24) is 10.2 Å². The predicted molar refractivity (Wildman–Crippen MR) is 84.8 cm³/mol. The zero-order chi connectivity index (χ0) is 17.1. The van der Waals surface area contributed by atoms with Crippen molar-refractivity contribution in [2.24, 2.45) is 0 Å². The third kappa shape index (κ3) is 6.24. The first-order valence-corrected chi connectivity index (χ1v) is 7.18. The monoisotopic (exact) mass is 313 g/mol. The molecule has 0 aliphatic heterocycles. The van der Waals surface area contributed by atoms with Crippen LogP contribution in [-0.2, 0) is 11.2 Å². The molecule has 1 atom stereocenters. The number of aliphatic hydroxyl groups is 1. The maximum Gasteiger partial charge on any atom is 0.299 e. The Morgan fingerprint density at radius 2 is 1.96 bits per heavy atom. The second-order valence-electron chi connectivity index (χ2n) is 4.76. The number of aliphatic hydroxyl groups excluding tert-OH is 1.